The summed E-state index contributed by atoms with van der Waals surface area (Å²) in [5.74, 6) is 0.522. The Hall–Kier alpha value is -0.480. The van der Waals surface area contributed by atoms with Gasteiger partial charge in [0, 0.05) is 13.0 Å². The van der Waals surface area contributed by atoms with Crippen LogP contribution in [0.4, 0.5) is 0 Å². The van der Waals surface area contributed by atoms with Crippen LogP contribution in [0.3, 0.4) is 0 Å². The summed E-state index contributed by atoms with van der Waals surface area (Å²) in [4.78, 5) is 0. The molecule has 0 bridgehead atoms. The minimum absolute atomic E-state index is 0.229. The summed E-state index contributed by atoms with van der Waals surface area (Å²) in [7, 11) is 0. The molecule has 15 heavy (non-hydrogen) atoms. The van der Waals surface area contributed by atoms with E-state index in [1.54, 1.807) is 18.2 Å². The van der Waals surface area contributed by atoms with E-state index in [0.29, 0.717) is 28.8 Å². The molecule has 1 aromatic carbocycles. The Kier molecular flexibility index (Phi) is 5.19. The van der Waals surface area contributed by atoms with E-state index >= 15 is 0 Å². The number of ether oxygens (including phenoxy) is 1. The summed E-state index contributed by atoms with van der Waals surface area (Å²) in [5.41, 5.74) is 5.25. The first-order valence-electron chi connectivity index (χ1n) is 4.60. The lowest BCUT2D eigenvalue weighted by Gasteiger charge is -2.10. The molecular weight excluding hydrogens is 237 g/mol. The molecule has 0 aromatic heterocycles. The fraction of sp³-hybridized carbons (Fsp3) is 0.400. The van der Waals surface area contributed by atoms with E-state index in [2.05, 4.69) is 0 Å². The zero-order valence-corrected chi connectivity index (χ0v) is 9.63. The molecule has 0 amide bonds. The van der Waals surface area contributed by atoms with Crippen molar-refractivity contribution in [2.75, 3.05) is 13.2 Å². The Balaban J connectivity index is 2.47. The number of rotatable bonds is 5. The fourth-order valence-corrected chi connectivity index (χ4v) is 1.36. The lowest BCUT2D eigenvalue weighted by atomic mass is 10.3. The van der Waals surface area contributed by atoms with Crippen molar-refractivity contribution < 1.29 is 9.84 Å². The van der Waals surface area contributed by atoms with Gasteiger partial charge in [-0.1, -0.05) is 29.3 Å². The molecule has 0 fully saturated rings. The van der Waals surface area contributed by atoms with E-state index in [1.165, 1.54) is 0 Å². The number of halogens is 2. The van der Waals surface area contributed by atoms with Crippen LogP contribution in [0.25, 0.3) is 0 Å². The second-order valence-electron chi connectivity index (χ2n) is 3.08. The molecule has 0 aliphatic heterocycles. The Labute approximate surface area is 98.7 Å². The predicted octanol–water partition coefficient (Wildman–Crippen LogP) is 2.08. The molecule has 0 aliphatic carbocycles. The van der Waals surface area contributed by atoms with Gasteiger partial charge < -0.3 is 15.6 Å². The molecule has 1 rings (SSSR count). The smallest absolute Gasteiger partial charge is 0.139 e. The van der Waals surface area contributed by atoms with Gasteiger partial charge in [0.15, 0.2) is 0 Å². The standard InChI is InChI=1S/C10H13Cl2NO2/c11-8-2-1-3-9(10(8)12)15-5-4-7(14)6-13/h1-3,7,14H,4-6,13H2. The van der Waals surface area contributed by atoms with E-state index in [1.807, 2.05) is 0 Å². The van der Waals surface area contributed by atoms with Gasteiger partial charge in [0.25, 0.3) is 0 Å². The highest BCUT2D eigenvalue weighted by atomic mass is 35.5. The third kappa shape index (κ3) is 3.87. The highest BCUT2D eigenvalue weighted by Crippen LogP contribution is 2.31. The predicted molar refractivity (Wildman–Crippen MR) is 61.6 cm³/mol. The van der Waals surface area contributed by atoms with Crippen LogP contribution >= 0.6 is 23.2 Å². The van der Waals surface area contributed by atoms with E-state index in [-0.39, 0.29) is 6.54 Å². The molecule has 1 unspecified atom stereocenters. The molecule has 0 spiro atoms. The van der Waals surface area contributed by atoms with Gasteiger partial charge in [0.1, 0.15) is 10.8 Å². The third-order valence-corrected chi connectivity index (χ3v) is 2.70. The maximum absolute atomic E-state index is 9.20. The van der Waals surface area contributed by atoms with Gasteiger partial charge in [-0.2, -0.15) is 0 Å². The summed E-state index contributed by atoms with van der Waals surface area (Å²) < 4.78 is 5.36. The average Bonchev–Trinajstić information content (AvgIpc) is 2.24. The van der Waals surface area contributed by atoms with Crippen LogP contribution in [0.5, 0.6) is 5.75 Å². The van der Waals surface area contributed by atoms with Crippen molar-refractivity contribution in [1.82, 2.24) is 0 Å². The van der Waals surface area contributed by atoms with Crippen molar-refractivity contribution in [3.8, 4) is 5.75 Å². The van der Waals surface area contributed by atoms with Crippen LogP contribution < -0.4 is 10.5 Å². The number of hydrogen-bond donors (Lipinski definition) is 2. The summed E-state index contributed by atoms with van der Waals surface area (Å²) in [6.07, 6.45) is -0.0674. The van der Waals surface area contributed by atoms with Gasteiger partial charge in [0.05, 0.1) is 17.7 Å². The highest BCUT2D eigenvalue weighted by Gasteiger charge is 2.06. The SMILES string of the molecule is NCC(O)CCOc1cccc(Cl)c1Cl. The van der Waals surface area contributed by atoms with Gasteiger partial charge in [0.2, 0.25) is 0 Å². The van der Waals surface area contributed by atoms with Crippen LogP contribution in [-0.4, -0.2) is 24.4 Å². The summed E-state index contributed by atoms with van der Waals surface area (Å²) in [6, 6.07) is 5.16. The second-order valence-corrected chi connectivity index (χ2v) is 3.86. The molecular formula is C10H13Cl2NO2. The largest absolute Gasteiger partial charge is 0.492 e. The first-order valence-corrected chi connectivity index (χ1v) is 5.35. The van der Waals surface area contributed by atoms with E-state index in [9.17, 15) is 5.11 Å². The number of hydrogen-bond acceptors (Lipinski definition) is 3. The van der Waals surface area contributed by atoms with E-state index < -0.39 is 6.10 Å². The van der Waals surface area contributed by atoms with Crippen LogP contribution in [0.15, 0.2) is 18.2 Å². The second kappa shape index (κ2) is 6.18. The minimum atomic E-state index is -0.539. The van der Waals surface area contributed by atoms with Crippen molar-refractivity contribution in [3.63, 3.8) is 0 Å². The molecule has 0 radical (unpaired) electrons. The summed E-state index contributed by atoms with van der Waals surface area (Å²) in [6.45, 7) is 0.588. The monoisotopic (exact) mass is 249 g/mol. The van der Waals surface area contributed by atoms with Crippen molar-refractivity contribution in [2.45, 2.75) is 12.5 Å². The Bertz CT molecular complexity index is 320. The molecule has 5 heteroatoms. The Morgan fingerprint density at radius 3 is 2.80 bits per heavy atom. The molecule has 1 atom stereocenters. The normalized spacial score (nSPS) is 12.5. The molecule has 84 valence electrons. The van der Waals surface area contributed by atoms with E-state index in [0.717, 1.165) is 0 Å². The number of nitrogens with two attached hydrogens (primary N) is 1. The highest BCUT2D eigenvalue weighted by molar-refractivity contribution is 6.42. The molecule has 3 N–H and O–H groups in total. The maximum Gasteiger partial charge on any atom is 0.139 e. The Morgan fingerprint density at radius 2 is 2.13 bits per heavy atom. The quantitative estimate of drug-likeness (QED) is 0.841. The first-order chi connectivity index (χ1) is 7.15. The zero-order valence-electron chi connectivity index (χ0n) is 8.12. The summed E-state index contributed by atoms with van der Waals surface area (Å²) in [5, 5.41) is 10.0. The van der Waals surface area contributed by atoms with Crippen molar-refractivity contribution in [3.05, 3.63) is 28.2 Å². The third-order valence-electron chi connectivity index (χ3n) is 1.90. The number of aliphatic hydroxyl groups excluding tert-OH is 1. The van der Waals surface area contributed by atoms with Crippen LogP contribution in [0.2, 0.25) is 10.0 Å². The van der Waals surface area contributed by atoms with Crippen LogP contribution in [0, 0.1) is 0 Å². The van der Waals surface area contributed by atoms with Gasteiger partial charge in [-0.15, -0.1) is 0 Å². The topological polar surface area (TPSA) is 55.5 Å². The molecule has 1 aromatic rings. The molecule has 0 saturated carbocycles. The minimum Gasteiger partial charge on any atom is -0.492 e. The van der Waals surface area contributed by atoms with Crippen molar-refractivity contribution >= 4 is 23.2 Å². The van der Waals surface area contributed by atoms with Crippen LogP contribution in [-0.2, 0) is 0 Å². The molecule has 0 heterocycles. The molecule has 0 saturated heterocycles. The fourth-order valence-electron chi connectivity index (χ4n) is 1.02. The van der Waals surface area contributed by atoms with Gasteiger partial charge >= 0.3 is 0 Å². The zero-order chi connectivity index (χ0) is 11.3. The average molecular weight is 250 g/mol. The molecule has 0 aliphatic rings. The van der Waals surface area contributed by atoms with E-state index in [4.69, 9.17) is 33.7 Å². The number of aliphatic hydroxyl groups is 1. The molecule has 3 nitrogen and oxygen atoms in total. The summed E-state index contributed by atoms with van der Waals surface area (Å²) >= 11 is 11.7. The first kappa shape index (κ1) is 12.6. The van der Waals surface area contributed by atoms with Crippen molar-refractivity contribution in [2.24, 2.45) is 5.73 Å². The lowest BCUT2D eigenvalue weighted by Crippen LogP contribution is -2.21. The van der Waals surface area contributed by atoms with Crippen molar-refractivity contribution in [1.29, 1.82) is 0 Å². The van der Waals surface area contributed by atoms with Gasteiger partial charge in [-0.3, -0.25) is 0 Å². The number of benzene rings is 1. The van der Waals surface area contributed by atoms with Gasteiger partial charge in [-0.05, 0) is 12.1 Å². The van der Waals surface area contributed by atoms with Crippen LogP contribution in [0.1, 0.15) is 6.42 Å². The maximum atomic E-state index is 9.20. The Morgan fingerprint density at radius 1 is 1.40 bits per heavy atom. The lowest BCUT2D eigenvalue weighted by molar-refractivity contribution is 0.146. The van der Waals surface area contributed by atoms with Gasteiger partial charge in [-0.25, -0.2) is 0 Å².